The molecular formula is C7H14N2O2. The summed E-state index contributed by atoms with van der Waals surface area (Å²) in [6.45, 7) is 3.95. The fraction of sp³-hybridized carbons (Fsp3) is 0.857. The number of carbonyl (C=O) groups excluding carboxylic acids is 1. The van der Waals surface area contributed by atoms with Crippen LogP contribution in [0, 0.1) is 0 Å². The van der Waals surface area contributed by atoms with Crippen molar-refractivity contribution < 1.29 is 9.63 Å². The number of nitrogens with zero attached hydrogens (tertiary/aromatic N) is 1. The Balaban J connectivity index is 2.51. The molecule has 0 aromatic heterocycles. The Bertz CT molecular complexity index is 149. The molecule has 1 unspecified atom stereocenters. The van der Waals surface area contributed by atoms with E-state index < -0.39 is 0 Å². The van der Waals surface area contributed by atoms with Gasteiger partial charge in [-0.15, -0.1) is 0 Å². The zero-order valence-corrected chi connectivity index (χ0v) is 6.96. The summed E-state index contributed by atoms with van der Waals surface area (Å²) in [6, 6.07) is -0.103. The van der Waals surface area contributed by atoms with Gasteiger partial charge in [0.2, 0.25) is 0 Å². The first-order valence-corrected chi connectivity index (χ1v) is 3.77. The van der Waals surface area contributed by atoms with Crippen LogP contribution in [0.25, 0.3) is 0 Å². The molecule has 1 aliphatic rings. The summed E-state index contributed by atoms with van der Waals surface area (Å²) in [4.78, 5) is 16.0. The normalized spacial score (nSPS) is 26.9. The molecule has 1 rings (SSSR count). The molecule has 0 aromatic rings. The number of piperazine rings is 1. The Morgan fingerprint density at radius 3 is 2.91 bits per heavy atom. The summed E-state index contributed by atoms with van der Waals surface area (Å²) in [5.41, 5.74) is 0. The van der Waals surface area contributed by atoms with Crippen LogP contribution >= 0.6 is 0 Å². The lowest BCUT2D eigenvalue weighted by Gasteiger charge is -2.32. The van der Waals surface area contributed by atoms with Crippen molar-refractivity contribution in [1.82, 2.24) is 10.4 Å². The fourth-order valence-corrected chi connectivity index (χ4v) is 1.25. The molecule has 11 heavy (non-hydrogen) atoms. The van der Waals surface area contributed by atoms with Gasteiger partial charge in [-0.2, -0.15) is 5.06 Å². The monoisotopic (exact) mass is 158 g/mol. The molecule has 1 aliphatic heterocycles. The molecule has 0 aromatic carbocycles. The Kier molecular flexibility index (Phi) is 2.99. The fourth-order valence-electron chi connectivity index (χ4n) is 1.25. The van der Waals surface area contributed by atoms with Crippen LogP contribution in [-0.2, 0) is 9.63 Å². The molecule has 1 fully saturated rings. The molecule has 1 saturated heterocycles. The third kappa shape index (κ3) is 1.99. The van der Waals surface area contributed by atoms with Gasteiger partial charge < -0.3 is 10.2 Å². The lowest BCUT2D eigenvalue weighted by Crippen LogP contribution is -2.53. The van der Waals surface area contributed by atoms with Crippen molar-refractivity contribution in [2.24, 2.45) is 0 Å². The summed E-state index contributed by atoms with van der Waals surface area (Å²) in [7, 11) is 1.60. The Labute approximate surface area is 66.5 Å². The van der Waals surface area contributed by atoms with E-state index in [0.29, 0.717) is 6.54 Å². The van der Waals surface area contributed by atoms with Crippen LogP contribution in [0.15, 0.2) is 0 Å². The number of nitrogens with one attached hydrogen (secondary N) is 1. The highest BCUT2D eigenvalue weighted by Gasteiger charge is 2.25. The Morgan fingerprint density at radius 2 is 2.45 bits per heavy atom. The zero-order valence-electron chi connectivity index (χ0n) is 6.96. The van der Waals surface area contributed by atoms with E-state index in [1.54, 1.807) is 19.1 Å². The smallest absolute Gasteiger partial charge is 0.150 e. The van der Waals surface area contributed by atoms with E-state index in [0.717, 1.165) is 13.1 Å². The minimum Gasteiger partial charge on any atom is -0.313 e. The van der Waals surface area contributed by atoms with Crippen molar-refractivity contribution in [2.75, 3.05) is 26.7 Å². The van der Waals surface area contributed by atoms with E-state index in [4.69, 9.17) is 4.84 Å². The first kappa shape index (κ1) is 8.64. The highest BCUT2D eigenvalue weighted by atomic mass is 16.7. The second kappa shape index (κ2) is 3.80. The van der Waals surface area contributed by atoms with Crippen molar-refractivity contribution in [3.8, 4) is 0 Å². The van der Waals surface area contributed by atoms with Gasteiger partial charge in [0.05, 0.1) is 7.11 Å². The number of hydroxylamine groups is 2. The zero-order chi connectivity index (χ0) is 8.27. The summed E-state index contributed by atoms with van der Waals surface area (Å²) in [5.74, 6) is 0.152. The quantitative estimate of drug-likeness (QED) is 0.583. The first-order chi connectivity index (χ1) is 5.25. The van der Waals surface area contributed by atoms with Crippen molar-refractivity contribution in [3.05, 3.63) is 0 Å². The number of hydrogen-bond donors (Lipinski definition) is 1. The summed E-state index contributed by atoms with van der Waals surface area (Å²) in [6.07, 6.45) is 0. The summed E-state index contributed by atoms with van der Waals surface area (Å²) in [5, 5.41) is 4.86. The molecular weight excluding hydrogens is 144 g/mol. The van der Waals surface area contributed by atoms with Crippen LogP contribution in [0.4, 0.5) is 0 Å². The summed E-state index contributed by atoms with van der Waals surface area (Å²) < 4.78 is 0. The predicted molar refractivity (Wildman–Crippen MR) is 41.1 cm³/mol. The van der Waals surface area contributed by atoms with Crippen molar-refractivity contribution in [1.29, 1.82) is 0 Å². The van der Waals surface area contributed by atoms with Gasteiger partial charge in [0.25, 0.3) is 0 Å². The van der Waals surface area contributed by atoms with Crippen LogP contribution in [0.5, 0.6) is 0 Å². The van der Waals surface area contributed by atoms with E-state index in [1.165, 1.54) is 0 Å². The molecule has 0 amide bonds. The molecule has 1 atom stereocenters. The van der Waals surface area contributed by atoms with Crippen LogP contribution < -0.4 is 5.32 Å². The van der Waals surface area contributed by atoms with Crippen LogP contribution in [0.1, 0.15) is 6.92 Å². The van der Waals surface area contributed by atoms with Gasteiger partial charge in [-0.05, 0) is 6.92 Å². The highest BCUT2D eigenvalue weighted by molar-refractivity contribution is 5.81. The molecule has 0 radical (unpaired) electrons. The van der Waals surface area contributed by atoms with Crippen LogP contribution in [0.3, 0.4) is 0 Å². The van der Waals surface area contributed by atoms with Gasteiger partial charge in [-0.25, -0.2) is 0 Å². The number of hydrogen-bond acceptors (Lipinski definition) is 4. The second-order valence-electron chi connectivity index (χ2n) is 2.65. The van der Waals surface area contributed by atoms with E-state index in [-0.39, 0.29) is 11.8 Å². The van der Waals surface area contributed by atoms with Gasteiger partial charge in [0.15, 0.2) is 5.78 Å². The van der Waals surface area contributed by atoms with Crippen molar-refractivity contribution in [3.63, 3.8) is 0 Å². The standard InChI is InChI=1S/C7H14N2O2/c1-6(10)7-5-8-3-4-9(7)11-2/h7-8H,3-5H2,1-2H3. The molecule has 4 heteroatoms. The van der Waals surface area contributed by atoms with Crippen molar-refractivity contribution in [2.45, 2.75) is 13.0 Å². The summed E-state index contributed by atoms with van der Waals surface area (Å²) >= 11 is 0. The van der Waals surface area contributed by atoms with Gasteiger partial charge >= 0.3 is 0 Å². The average molecular weight is 158 g/mol. The van der Waals surface area contributed by atoms with E-state index in [1.807, 2.05) is 0 Å². The SMILES string of the molecule is CON1CCNCC1C(C)=O. The minimum absolute atomic E-state index is 0.103. The Morgan fingerprint density at radius 1 is 1.73 bits per heavy atom. The maximum atomic E-state index is 11.0. The number of Topliss-reactive ketones (excluding diaryl/α,β-unsaturated/α-hetero) is 1. The van der Waals surface area contributed by atoms with Gasteiger partial charge in [-0.3, -0.25) is 4.79 Å². The molecule has 4 nitrogen and oxygen atoms in total. The van der Waals surface area contributed by atoms with Gasteiger partial charge in [0.1, 0.15) is 6.04 Å². The average Bonchev–Trinajstić information content (AvgIpc) is 2.04. The largest absolute Gasteiger partial charge is 0.313 e. The first-order valence-electron chi connectivity index (χ1n) is 3.77. The maximum Gasteiger partial charge on any atom is 0.150 e. The van der Waals surface area contributed by atoms with E-state index in [9.17, 15) is 4.79 Å². The van der Waals surface area contributed by atoms with E-state index >= 15 is 0 Å². The van der Waals surface area contributed by atoms with Gasteiger partial charge in [0, 0.05) is 19.6 Å². The maximum absolute atomic E-state index is 11.0. The molecule has 1 heterocycles. The molecule has 0 saturated carbocycles. The topological polar surface area (TPSA) is 41.6 Å². The van der Waals surface area contributed by atoms with Crippen LogP contribution in [0.2, 0.25) is 0 Å². The molecule has 0 bridgehead atoms. The minimum atomic E-state index is -0.103. The second-order valence-corrected chi connectivity index (χ2v) is 2.65. The lowest BCUT2D eigenvalue weighted by atomic mass is 10.1. The van der Waals surface area contributed by atoms with Gasteiger partial charge in [-0.1, -0.05) is 0 Å². The molecule has 0 spiro atoms. The lowest BCUT2D eigenvalue weighted by molar-refractivity contribution is -0.175. The molecule has 64 valence electrons. The van der Waals surface area contributed by atoms with Crippen molar-refractivity contribution >= 4 is 5.78 Å². The predicted octanol–water partition coefficient (Wildman–Crippen LogP) is -0.589. The number of ketones is 1. The number of carbonyl (C=O) groups is 1. The Hall–Kier alpha value is -0.450. The van der Waals surface area contributed by atoms with Crippen LogP contribution in [-0.4, -0.2) is 43.6 Å². The molecule has 1 N–H and O–H groups in total. The third-order valence-electron chi connectivity index (χ3n) is 1.90. The van der Waals surface area contributed by atoms with E-state index in [2.05, 4.69) is 5.32 Å². The highest BCUT2D eigenvalue weighted by Crippen LogP contribution is 2.03. The third-order valence-corrected chi connectivity index (χ3v) is 1.90. The molecule has 0 aliphatic carbocycles. The number of rotatable bonds is 2.